The lowest BCUT2D eigenvalue weighted by atomic mass is 10.0. The third-order valence-electron chi connectivity index (χ3n) is 4.41. The van der Waals surface area contributed by atoms with Gasteiger partial charge in [-0.2, -0.15) is 0 Å². The summed E-state index contributed by atoms with van der Waals surface area (Å²) in [5.74, 6) is -0.390. The molecule has 0 fully saturated rings. The van der Waals surface area contributed by atoms with Gasteiger partial charge in [-0.1, -0.05) is 59.1 Å². The lowest BCUT2D eigenvalue weighted by Gasteiger charge is -2.11. The van der Waals surface area contributed by atoms with Crippen LogP contribution in [0.5, 0.6) is 0 Å². The monoisotopic (exact) mass is 449 g/mol. The highest BCUT2D eigenvalue weighted by atomic mass is 35.5. The molecule has 0 aromatic heterocycles. The van der Waals surface area contributed by atoms with Crippen LogP contribution >= 0.6 is 11.6 Å². The molecular formula is C21H20ClNO4S2. The maximum absolute atomic E-state index is 12.9. The van der Waals surface area contributed by atoms with E-state index in [1.807, 2.05) is 26.0 Å². The molecule has 8 heteroatoms. The first kappa shape index (κ1) is 21.5. The van der Waals surface area contributed by atoms with Crippen LogP contribution in [0.3, 0.4) is 0 Å². The van der Waals surface area contributed by atoms with Crippen molar-refractivity contribution in [2.24, 2.45) is 5.14 Å². The van der Waals surface area contributed by atoms with E-state index >= 15 is 0 Å². The number of sulfonamides is 1. The smallest absolute Gasteiger partial charge is 0.225 e. The van der Waals surface area contributed by atoms with E-state index < -0.39 is 19.9 Å². The number of halogens is 1. The van der Waals surface area contributed by atoms with Gasteiger partial charge in [0.2, 0.25) is 10.0 Å². The fourth-order valence-electron chi connectivity index (χ4n) is 3.18. The second kappa shape index (κ2) is 7.91. The van der Waals surface area contributed by atoms with Gasteiger partial charge in [0.15, 0.2) is 9.84 Å². The minimum absolute atomic E-state index is 0.00620. The van der Waals surface area contributed by atoms with Crippen LogP contribution in [0.2, 0.25) is 5.02 Å². The Hall–Kier alpha value is -2.19. The lowest BCUT2D eigenvalue weighted by Crippen LogP contribution is -2.13. The first-order valence-electron chi connectivity index (χ1n) is 8.68. The van der Waals surface area contributed by atoms with E-state index in [0.29, 0.717) is 5.56 Å². The largest absolute Gasteiger partial charge is 0.238 e. The number of nitrogens with two attached hydrogens (primary N) is 1. The third kappa shape index (κ3) is 5.05. The van der Waals surface area contributed by atoms with Gasteiger partial charge in [-0.25, -0.2) is 22.0 Å². The Kier molecular flexibility index (Phi) is 5.87. The summed E-state index contributed by atoms with van der Waals surface area (Å²) in [6.07, 6.45) is 0. The zero-order valence-electron chi connectivity index (χ0n) is 15.9. The predicted molar refractivity (Wildman–Crippen MR) is 115 cm³/mol. The van der Waals surface area contributed by atoms with Gasteiger partial charge in [-0.05, 0) is 54.8 Å². The predicted octanol–water partition coefficient (Wildman–Crippen LogP) is 4.25. The molecule has 3 rings (SSSR count). The molecule has 0 aliphatic rings. The fourth-order valence-corrected chi connectivity index (χ4v) is 5.71. The summed E-state index contributed by atoms with van der Waals surface area (Å²) in [5, 5.41) is 5.23. The summed E-state index contributed by atoms with van der Waals surface area (Å²) in [6.45, 7) is 3.99. The topological polar surface area (TPSA) is 94.3 Å². The van der Waals surface area contributed by atoms with E-state index in [4.69, 9.17) is 16.7 Å². The maximum Gasteiger partial charge on any atom is 0.238 e. The molecule has 0 spiro atoms. The van der Waals surface area contributed by atoms with Gasteiger partial charge in [0, 0.05) is 0 Å². The van der Waals surface area contributed by atoms with Crippen LogP contribution in [0.15, 0.2) is 70.5 Å². The fraction of sp³-hybridized carbons (Fsp3) is 0.143. The van der Waals surface area contributed by atoms with Crippen LogP contribution in [-0.2, 0) is 25.6 Å². The summed E-state index contributed by atoms with van der Waals surface area (Å²) < 4.78 is 48.8. The van der Waals surface area contributed by atoms with Gasteiger partial charge in [-0.15, -0.1) is 0 Å². The average Bonchev–Trinajstić information content (AvgIpc) is 2.59. The van der Waals surface area contributed by atoms with Crippen molar-refractivity contribution in [3.05, 3.63) is 82.4 Å². The normalized spacial score (nSPS) is 12.1. The highest BCUT2D eigenvalue weighted by Crippen LogP contribution is 2.31. The van der Waals surface area contributed by atoms with E-state index in [0.717, 1.165) is 22.3 Å². The Morgan fingerprint density at radius 3 is 2.07 bits per heavy atom. The Balaban J connectivity index is 1.96. The molecule has 0 atom stereocenters. The summed E-state index contributed by atoms with van der Waals surface area (Å²) >= 11 is 6.32. The van der Waals surface area contributed by atoms with Crippen molar-refractivity contribution in [2.45, 2.75) is 29.4 Å². The summed E-state index contributed by atoms with van der Waals surface area (Å²) in [5.41, 5.74) is 4.28. The molecule has 0 heterocycles. The van der Waals surface area contributed by atoms with Gasteiger partial charge < -0.3 is 0 Å². The highest BCUT2D eigenvalue weighted by Gasteiger charge is 2.20. The molecule has 0 amide bonds. The van der Waals surface area contributed by atoms with Crippen molar-refractivity contribution >= 4 is 31.5 Å². The molecule has 29 heavy (non-hydrogen) atoms. The molecule has 0 radical (unpaired) electrons. The number of primary sulfonamides is 1. The first-order chi connectivity index (χ1) is 13.5. The Morgan fingerprint density at radius 2 is 1.48 bits per heavy atom. The molecule has 0 bridgehead atoms. The zero-order valence-corrected chi connectivity index (χ0v) is 18.3. The van der Waals surface area contributed by atoms with Gasteiger partial charge in [0.05, 0.1) is 20.6 Å². The van der Waals surface area contributed by atoms with Crippen LogP contribution in [0, 0.1) is 13.8 Å². The van der Waals surface area contributed by atoms with Crippen molar-refractivity contribution in [1.82, 2.24) is 0 Å². The van der Waals surface area contributed by atoms with Crippen LogP contribution in [-0.4, -0.2) is 16.8 Å². The quantitative estimate of drug-likeness (QED) is 0.630. The van der Waals surface area contributed by atoms with Crippen molar-refractivity contribution in [2.75, 3.05) is 0 Å². The van der Waals surface area contributed by atoms with Crippen LogP contribution in [0.25, 0.3) is 11.1 Å². The minimum Gasteiger partial charge on any atom is -0.225 e. The van der Waals surface area contributed by atoms with E-state index in [9.17, 15) is 16.8 Å². The maximum atomic E-state index is 12.9. The number of hydrogen-bond donors (Lipinski definition) is 1. The van der Waals surface area contributed by atoms with Crippen molar-refractivity contribution in [3.63, 3.8) is 0 Å². The molecular weight excluding hydrogens is 430 g/mol. The summed E-state index contributed by atoms with van der Waals surface area (Å²) in [6, 6.07) is 16.4. The first-order valence-corrected chi connectivity index (χ1v) is 12.3. The van der Waals surface area contributed by atoms with E-state index in [2.05, 4.69) is 6.07 Å². The third-order valence-corrected chi connectivity index (χ3v) is 7.48. The highest BCUT2D eigenvalue weighted by molar-refractivity contribution is 7.90. The standard InChI is InChI=1S/C21H20ClNO4S2/c1-14-8-15(2)10-18(9-14)17-6-7-21(20(22)12-17)28(24,25)13-16-4-3-5-19(11-16)29(23,26)27/h3-12H,13H2,1-2H3,(H2,23,26,27). The molecule has 3 aromatic rings. The zero-order chi connectivity index (χ0) is 21.4. The molecule has 0 saturated carbocycles. The molecule has 3 aromatic carbocycles. The number of rotatable bonds is 5. The van der Waals surface area contributed by atoms with Crippen LogP contribution in [0.1, 0.15) is 16.7 Å². The lowest BCUT2D eigenvalue weighted by molar-refractivity contribution is 0.593. The van der Waals surface area contributed by atoms with E-state index in [1.165, 1.54) is 30.3 Å². The molecule has 0 aliphatic carbocycles. The van der Waals surface area contributed by atoms with Crippen molar-refractivity contribution in [1.29, 1.82) is 0 Å². The summed E-state index contributed by atoms with van der Waals surface area (Å²) in [4.78, 5) is -0.144. The molecule has 5 nitrogen and oxygen atoms in total. The van der Waals surface area contributed by atoms with Gasteiger partial charge in [0.25, 0.3) is 0 Å². The van der Waals surface area contributed by atoms with E-state index in [1.54, 1.807) is 12.1 Å². The van der Waals surface area contributed by atoms with Crippen LogP contribution < -0.4 is 5.14 Å². The van der Waals surface area contributed by atoms with Crippen molar-refractivity contribution < 1.29 is 16.8 Å². The summed E-state index contributed by atoms with van der Waals surface area (Å²) in [7, 11) is -7.71. The average molecular weight is 450 g/mol. The number of sulfone groups is 1. The molecule has 152 valence electrons. The Bertz CT molecular complexity index is 1280. The molecule has 0 aliphatic heterocycles. The molecule has 2 N–H and O–H groups in total. The Labute approximate surface area is 176 Å². The minimum atomic E-state index is -3.92. The molecule has 0 unspecified atom stereocenters. The second-order valence-corrected chi connectivity index (χ2v) is 10.9. The number of benzene rings is 3. The van der Waals surface area contributed by atoms with Crippen LogP contribution in [0.4, 0.5) is 0 Å². The second-order valence-electron chi connectivity index (χ2n) is 6.97. The number of aryl methyl sites for hydroxylation is 2. The van der Waals surface area contributed by atoms with Gasteiger partial charge in [0.1, 0.15) is 0 Å². The van der Waals surface area contributed by atoms with E-state index in [-0.39, 0.29) is 20.6 Å². The van der Waals surface area contributed by atoms with Gasteiger partial charge >= 0.3 is 0 Å². The molecule has 0 saturated heterocycles. The van der Waals surface area contributed by atoms with Gasteiger partial charge in [-0.3, -0.25) is 0 Å². The Morgan fingerprint density at radius 1 is 0.828 bits per heavy atom. The SMILES string of the molecule is Cc1cc(C)cc(-c2ccc(S(=O)(=O)Cc3cccc(S(N)(=O)=O)c3)c(Cl)c2)c1. The number of hydrogen-bond acceptors (Lipinski definition) is 4. The van der Waals surface area contributed by atoms with Crippen molar-refractivity contribution in [3.8, 4) is 11.1 Å².